The molecule has 0 saturated carbocycles. The van der Waals surface area contributed by atoms with Crippen LogP contribution in [0, 0.1) is 0 Å². The molecule has 2 saturated heterocycles. The van der Waals surface area contributed by atoms with Crippen LogP contribution in [0.3, 0.4) is 0 Å². The van der Waals surface area contributed by atoms with E-state index >= 15 is 0 Å². The number of nitrogens with one attached hydrogen (secondary N) is 2. The lowest BCUT2D eigenvalue weighted by atomic mass is 9.85. The van der Waals surface area contributed by atoms with Gasteiger partial charge in [0.1, 0.15) is 0 Å². The summed E-state index contributed by atoms with van der Waals surface area (Å²) in [7, 11) is -1.45. The van der Waals surface area contributed by atoms with Crippen molar-refractivity contribution in [2.24, 2.45) is 0 Å². The molecular formula is C12H22F2N2OS. The number of hydrogen-bond donors (Lipinski definition) is 2. The average Bonchev–Trinajstić information content (AvgIpc) is 2.57. The minimum Gasteiger partial charge on any atom is -0.311 e. The molecule has 2 aliphatic rings. The zero-order valence-electron chi connectivity index (χ0n) is 11.1. The molecule has 6 heteroatoms. The van der Waals surface area contributed by atoms with Gasteiger partial charge in [0, 0.05) is 12.1 Å². The summed E-state index contributed by atoms with van der Waals surface area (Å²) < 4.78 is 41.3. The lowest BCUT2D eigenvalue weighted by Gasteiger charge is -2.42. The second-order valence-electron chi connectivity index (χ2n) is 6.49. The minimum absolute atomic E-state index is 0.141. The number of halogens is 2. The Morgan fingerprint density at radius 2 is 1.78 bits per heavy atom. The van der Waals surface area contributed by atoms with Gasteiger partial charge in [-0.1, -0.05) is 0 Å². The molecule has 2 heterocycles. The molecule has 2 rings (SSSR count). The Bertz CT molecular complexity index is 331. The van der Waals surface area contributed by atoms with Crippen molar-refractivity contribution in [2.45, 2.75) is 75.2 Å². The van der Waals surface area contributed by atoms with E-state index < -0.39 is 27.7 Å². The zero-order chi connectivity index (χ0) is 13.6. The highest BCUT2D eigenvalue weighted by Crippen LogP contribution is 2.38. The van der Waals surface area contributed by atoms with Crippen LogP contribution < -0.4 is 10.0 Å². The third kappa shape index (κ3) is 2.75. The number of fused-ring (bicyclic) bond motifs is 2. The number of alkyl halides is 2. The summed E-state index contributed by atoms with van der Waals surface area (Å²) in [6.07, 6.45) is 0.145. The van der Waals surface area contributed by atoms with Gasteiger partial charge in [-0.2, -0.15) is 0 Å². The van der Waals surface area contributed by atoms with Gasteiger partial charge in [0.2, 0.25) is 0 Å². The summed E-state index contributed by atoms with van der Waals surface area (Å²) in [5.74, 6) is 0. The van der Waals surface area contributed by atoms with E-state index in [-0.39, 0.29) is 12.1 Å². The van der Waals surface area contributed by atoms with Crippen LogP contribution in [0.2, 0.25) is 0 Å². The van der Waals surface area contributed by atoms with Gasteiger partial charge < -0.3 is 5.32 Å². The summed E-state index contributed by atoms with van der Waals surface area (Å²) in [6.45, 7) is 5.39. The van der Waals surface area contributed by atoms with Gasteiger partial charge in [0.25, 0.3) is 6.43 Å². The summed E-state index contributed by atoms with van der Waals surface area (Å²) in [5, 5.41) is 3.34. The molecule has 3 nitrogen and oxygen atoms in total. The summed E-state index contributed by atoms with van der Waals surface area (Å²) in [6, 6.07) is 0.282. The molecule has 2 unspecified atom stereocenters. The van der Waals surface area contributed by atoms with Gasteiger partial charge in [-0.05, 0) is 46.5 Å². The monoisotopic (exact) mass is 280 g/mol. The Balaban J connectivity index is 2.16. The van der Waals surface area contributed by atoms with Crippen molar-refractivity contribution >= 4 is 11.0 Å². The van der Waals surface area contributed by atoms with Crippen LogP contribution in [0.25, 0.3) is 0 Å². The Morgan fingerprint density at radius 1 is 1.28 bits per heavy atom. The highest BCUT2D eigenvalue weighted by molar-refractivity contribution is 7.84. The van der Waals surface area contributed by atoms with Crippen molar-refractivity contribution in [1.82, 2.24) is 10.0 Å². The molecule has 4 atom stereocenters. The standard InChI is InChI=1S/C12H22F2N2OS/c1-11(2,3)18(17)16-12(10(13)14)6-8-4-5-9(7-12)15-8/h8-10,15-16H,4-7H2,1-3H3/t8-,9+,12?,18?. The number of hydrogen-bond acceptors (Lipinski definition) is 2. The molecule has 2 N–H and O–H groups in total. The SMILES string of the molecule is CC(C)(C)S(=O)NC1(C(F)F)C[C@H]2CC[C@@H](C1)N2. The van der Waals surface area contributed by atoms with Gasteiger partial charge in [-0.3, -0.25) is 0 Å². The molecular weight excluding hydrogens is 258 g/mol. The molecule has 18 heavy (non-hydrogen) atoms. The molecule has 0 spiro atoms. The Hall–Kier alpha value is -0.0700. The normalized spacial score (nSPS) is 38.1. The zero-order valence-corrected chi connectivity index (χ0v) is 11.9. The molecule has 2 aliphatic heterocycles. The Labute approximate surface area is 110 Å². The first-order valence-corrected chi connectivity index (χ1v) is 7.62. The fraction of sp³-hybridized carbons (Fsp3) is 1.00. The fourth-order valence-corrected chi connectivity index (χ4v) is 3.76. The van der Waals surface area contributed by atoms with Crippen molar-refractivity contribution in [3.05, 3.63) is 0 Å². The second-order valence-corrected chi connectivity index (χ2v) is 8.45. The van der Waals surface area contributed by atoms with Crippen LogP contribution in [0.4, 0.5) is 8.78 Å². The van der Waals surface area contributed by atoms with E-state index in [1.54, 1.807) is 20.8 Å². The largest absolute Gasteiger partial charge is 0.311 e. The maximum absolute atomic E-state index is 13.5. The maximum atomic E-state index is 13.5. The number of piperidine rings is 1. The average molecular weight is 280 g/mol. The van der Waals surface area contributed by atoms with E-state index in [4.69, 9.17) is 0 Å². The van der Waals surface area contributed by atoms with E-state index in [0.717, 1.165) is 12.8 Å². The van der Waals surface area contributed by atoms with Gasteiger partial charge in [-0.25, -0.2) is 17.7 Å². The molecule has 2 fully saturated rings. The van der Waals surface area contributed by atoms with E-state index in [0.29, 0.717) is 12.8 Å². The van der Waals surface area contributed by atoms with Crippen LogP contribution in [-0.4, -0.2) is 33.0 Å². The fourth-order valence-electron chi connectivity index (χ4n) is 2.83. The Kier molecular flexibility index (Phi) is 3.82. The molecule has 106 valence electrons. The molecule has 0 amide bonds. The van der Waals surface area contributed by atoms with E-state index in [1.165, 1.54) is 0 Å². The third-order valence-corrected chi connectivity index (χ3v) is 5.53. The van der Waals surface area contributed by atoms with E-state index in [9.17, 15) is 13.0 Å². The third-order valence-electron chi connectivity index (χ3n) is 3.83. The van der Waals surface area contributed by atoms with Crippen molar-refractivity contribution in [3.63, 3.8) is 0 Å². The molecule has 0 radical (unpaired) electrons. The highest BCUT2D eigenvalue weighted by Gasteiger charge is 2.51. The summed E-state index contributed by atoms with van der Waals surface area (Å²) in [5.41, 5.74) is -1.28. The first-order chi connectivity index (χ1) is 8.23. The van der Waals surface area contributed by atoms with E-state index in [2.05, 4.69) is 10.0 Å². The van der Waals surface area contributed by atoms with Crippen LogP contribution in [0.1, 0.15) is 46.5 Å². The number of rotatable bonds is 3. The summed E-state index contributed by atoms with van der Waals surface area (Å²) >= 11 is 0. The highest BCUT2D eigenvalue weighted by atomic mass is 32.2. The summed E-state index contributed by atoms with van der Waals surface area (Å²) in [4.78, 5) is 0. The smallest absolute Gasteiger partial charge is 0.257 e. The van der Waals surface area contributed by atoms with Crippen LogP contribution >= 0.6 is 0 Å². The Morgan fingerprint density at radius 3 is 2.17 bits per heavy atom. The van der Waals surface area contributed by atoms with Crippen LogP contribution in [0.15, 0.2) is 0 Å². The minimum atomic E-state index is -2.48. The first kappa shape index (κ1) is 14.3. The molecule has 2 bridgehead atoms. The molecule has 0 aromatic heterocycles. The predicted molar refractivity (Wildman–Crippen MR) is 68.9 cm³/mol. The molecule has 0 aromatic carbocycles. The van der Waals surface area contributed by atoms with E-state index in [1.807, 2.05) is 0 Å². The second kappa shape index (κ2) is 4.80. The lowest BCUT2D eigenvalue weighted by molar-refractivity contribution is 0.0140. The van der Waals surface area contributed by atoms with Crippen LogP contribution in [-0.2, 0) is 11.0 Å². The molecule has 0 aromatic rings. The molecule has 0 aliphatic carbocycles. The topological polar surface area (TPSA) is 41.1 Å². The van der Waals surface area contributed by atoms with Crippen molar-refractivity contribution in [3.8, 4) is 0 Å². The first-order valence-electron chi connectivity index (χ1n) is 6.47. The maximum Gasteiger partial charge on any atom is 0.257 e. The van der Waals surface area contributed by atoms with Gasteiger partial charge in [0.15, 0.2) is 0 Å². The van der Waals surface area contributed by atoms with Crippen molar-refractivity contribution < 1.29 is 13.0 Å². The quantitative estimate of drug-likeness (QED) is 0.830. The van der Waals surface area contributed by atoms with Gasteiger partial charge >= 0.3 is 0 Å². The van der Waals surface area contributed by atoms with Crippen molar-refractivity contribution in [1.29, 1.82) is 0 Å². The van der Waals surface area contributed by atoms with Gasteiger partial charge in [-0.15, -0.1) is 0 Å². The predicted octanol–water partition coefficient (Wildman–Crippen LogP) is 1.96. The van der Waals surface area contributed by atoms with Gasteiger partial charge in [0.05, 0.1) is 21.3 Å². The van der Waals surface area contributed by atoms with Crippen molar-refractivity contribution in [2.75, 3.05) is 0 Å². The lowest BCUT2D eigenvalue weighted by Crippen LogP contribution is -2.62. The van der Waals surface area contributed by atoms with Crippen LogP contribution in [0.5, 0.6) is 0 Å².